The zero-order chi connectivity index (χ0) is 18.5. The summed E-state index contributed by atoms with van der Waals surface area (Å²) >= 11 is 0. The number of carbonyl (C=O) groups is 4. The summed E-state index contributed by atoms with van der Waals surface area (Å²) < 4.78 is 0. The van der Waals surface area contributed by atoms with Crippen LogP contribution in [0.25, 0.3) is 0 Å². The highest BCUT2D eigenvalue weighted by Gasteiger charge is 2.10. The van der Waals surface area contributed by atoms with E-state index in [1.807, 2.05) is 27.7 Å². The quantitative estimate of drug-likeness (QED) is 0.355. The van der Waals surface area contributed by atoms with Gasteiger partial charge in [0.15, 0.2) is 0 Å². The smallest absolute Gasteiger partial charge is 0.321 e. The molecule has 0 radical (unpaired) electrons. The first-order valence-electron chi connectivity index (χ1n) is 7.60. The van der Waals surface area contributed by atoms with E-state index in [2.05, 4.69) is 21.3 Å². The third-order valence-electron chi connectivity index (χ3n) is 2.31. The number of nitrogens with one attached hydrogen (secondary N) is 4. The van der Waals surface area contributed by atoms with E-state index in [9.17, 15) is 19.2 Å². The lowest BCUT2D eigenvalue weighted by Gasteiger charge is -2.09. The molecule has 0 aromatic heterocycles. The van der Waals surface area contributed by atoms with Crippen molar-refractivity contribution >= 4 is 45.5 Å². The van der Waals surface area contributed by atoms with Crippen LogP contribution in [0, 0.1) is 11.8 Å². The molecule has 0 aromatic carbocycles. The molecule has 0 bridgehead atoms. The van der Waals surface area contributed by atoms with Gasteiger partial charge in [0.2, 0.25) is 11.8 Å². The molecule has 0 aliphatic heterocycles. The van der Waals surface area contributed by atoms with Crippen molar-refractivity contribution < 1.29 is 19.2 Å². The molecule has 0 atom stereocenters. The van der Waals surface area contributed by atoms with Crippen LogP contribution in [-0.4, -0.2) is 48.5 Å². The van der Waals surface area contributed by atoms with Gasteiger partial charge in [-0.25, -0.2) is 9.59 Å². The van der Waals surface area contributed by atoms with Crippen LogP contribution in [-0.2, 0) is 9.59 Å². The largest absolute Gasteiger partial charge is 0.338 e. The van der Waals surface area contributed by atoms with Crippen LogP contribution in [0.3, 0.4) is 0 Å². The van der Waals surface area contributed by atoms with Crippen LogP contribution in [0.1, 0.15) is 27.7 Å². The summed E-state index contributed by atoms with van der Waals surface area (Å²) in [6.45, 7) is 8.76. The Morgan fingerprint density at radius 2 is 1.04 bits per heavy atom. The minimum Gasteiger partial charge on any atom is -0.338 e. The van der Waals surface area contributed by atoms with Crippen LogP contribution in [0.5, 0.6) is 0 Å². The van der Waals surface area contributed by atoms with Crippen LogP contribution >= 0.6 is 21.6 Å². The van der Waals surface area contributed by atoms with Gasteiger partial charge in [0.1, 0.15) is 0 Å². The summed E-state index contributed by atoms with van der Waals surface area (Å²) in [5.41, 5.74) is 0. The molecule has 0 saturated heterocycles. The Morgan fingerprint density at radius 3 is 1.33 bits per heavy atom. The van der Waals surface area contributed by atoms with E-state index < -0.39 is 23.9 Å². The topological polar surface area (TPSA) is 116 Å². The fraction of sp³-hybridized carbons (Fsp3) is 0.714. The van der Waals surface area contributed by atoms with Crippen molar-refractivity contribution in [2.24, 2.45) is 11.8 Å². The molecule has 8 nitrogen and oxygen atoms in total. The molecule has 0 unspecified atom stereocenters. The number of imide groups is 2. The molecule has 0 fully saturated rings. The lowest BCUT2D eigenvalue weighted by Crippen LogP contribution is -2.42. The number of hydrogen-bond acceptors (Lipinski definition) is 6. The summed E-state index contributed by atoms with van der Waals surface area (Å²) in [7, 11) is 2.27. The average molecular weight is 379 g/mol. The highest BCUT2D eigenvalue weighted by atomic mass is 33.1. The fourth-order valence-corrected chi connectivity index (χ4v) is 2.87. The number of urea groups is 2. The van der Waals surface area contributed by atoms with Crippen molar-refractivity contribution in [2.45, 2.75) is 27.7 Å². The molecule has 0 rings (SSSR count). The zero-order valence-corrected chi connectivity index (χ0v) is 16.1. The number of hydrogen-bond donors (Lipinski definition) is 4. The lowest BCUT2D eigenvalue weighted by molar-refractivity contribution is -0.118. The van der Waals surface area contributed by atoms with Crippen LogP contribution in [0.2, 0.25) is 0 Å². The highest BCUT2D eigenvalue weighted by molar-refractivity contribution is 8.77. The van der Waals surface area contributed by atoms with Gasteiger partial charge in [0.25, 0.3) is 0 Å². The van der Waals surface area contributed by atoms with Gasteiger partial charge >= 0.3 is 12.1 Å². The first-order chi connectivity index (χ1) is 11.2. The summed E-state index contributed by atoms with van der Waals surface area (Å²) in [5.74, 6) is -0.217. The van der Waals surface area contributed by atoms with Gasteiger partial charge in [-0.1, -0.05) is 49.3 Å². The SMILES string of the molecule is CC(C)CNC(=O)NC(=O)CSSCC(=O)NC(=O)NCC(C)C. The van der Waals surface area contributed by atoms with Crippen LogP contribution in [0.15, 0.2) is 0 Å². The molecule has 6 amide bonds. The summed E-state index contributed by atoms with van der Waals surface area (Å²) in [4.78, 5) is 45.7. The average Bonchev–Trinajstić information content (AvgIpc) is 2.47. The number of carbonyl (C=O) groups excluding carboxylic acids is 4. The molecule has 0 aliphatic rings. The second kappa shape index (κ2) is 12.9. The molecule has 0 aliphatic carbocycles. The van der Waals surface area contributed by atoms with Gasteiger partial charge in [-0.2, -0.15) is 0 Å². The third kappa shape index (κ3) is 14.2. The molecule has 138 valence electrons. The number of rotatable bonds is 9. The van der Waals surface area contributed by atoms with E-state index in [0.717, 1.165) is 21.6 Å². The van der Waals surface area contributed by atoms with Crippen molar-refractivity contribution in [3.05, 3.63) is 0 Å². The Kier molecular flexibility index (Phi) is 12.2. The molecule has 0 aromatic rings. The lowest BCUT2D eigenvalue weighted by atomic mass is 10.2. The van der Waals surface area contributed by atoms with Crippen molar-refractivity contribution in [1.29, 1.82) is 0 Å². The maximum atomic E-state index is 11.5. The van der Waals surface area contributed by atoms with E-state index >= 15 is 0 Å². The molecule has 4 N–H and O–H groups in total. The van der Waals surface area contributed by atoms with Gasteiger partial charge < -0.3 is 10.6 Å². The third-order valence-corrected chi connectivity index (χ3v) is 4.44. The van der Waals surface area contributed by atoms with E-state index in [1.165, 1.54) is 0 Å². The molecule has 0 heterocycles. The minimum absolute atomic E-state index is 0.0343. The zero-order valence-electron chi connectivity index (χ0n) is 14.4. The van der Waals surface area contributed by atoms with Crippen LogP contribution < -0.4 is 21.3 Å². The molecule has 24 heavy (non-hydrogen) atoms. The van der Waals surface area contributed by atoms with Crippen LogP contribution in [0.4, 0.5) is 9.59 Å². The Labute approximate surface area is 150 Å². The fourth-order valence-electron chi connectivity index (χ4n) is 1.20. The van der Waals surface area contributed by atoms with Gasteiger partial charge in [-0.05, 0) is 11.8 Å². The van der Waals surface area contributed by atoms with Crippen molar-refractivity contribution in [3.8, 4) is 0 Å². The normalized spacial score (nSPS) is 10.4. The van der Waals surface area contributed by atoms with Gasteiger partial charge in [0.05, 0.1) is 11.5 Å². The standard InChI is InChI=1S/C14H26N4O4S2/c1-9(2)5-15-13(21)17-11(19)7-23-24-8-12(20)18-14(22)16-6-10(3)4/h9-10H,5-8H2,1-4H3,(H2,15,17,19,21)(H2,16,18,20,22). The molecule has 10 heteroatoms. The summed E-state index contributed by atoms with van der Waals surface area (Å²) in [6.07, 6.45) is 0. The minimum atomic E-state index is -0.529. The highest BCUT2D eigenvalue weighted by Crippen LogP contribution is 2.19. The van der Waals surface area contributed by atoms with Gasteiger partial charge in [-0.3, -0.25) is 20.2 Å². The predicted octanol–water partition coefficient (Wildman–Crippen LogP) is 1.33. The van der Waals surface area contributed by atoms with Gasteiger partial charge in [-0.15, -0.1) is 0 Å². The maximum Gasteiger partial charge on any atom is 0.321 e. The Balaban J connectivity index is 3.73. The Hall–Kier alpha value is -1.42. The van der Waals surface area contributed by atoms with E-state index in [4.69, 9.17) is 0 Å². The second-order valence-corrected chi connectivity index (χ2v) is 8.29. The van der Waals surface area contributed by atoms with Crippen molar-refractivity contribution in [2.75, 3.05) is 24.6 Å². The summed E-state index contributed by atoms with van der Waals surface area (Å²) in [5, 5.41) is 9.53. The molecular formula is C14H26N4O4S2. The molecule has 0 saturated carbocycles. The van der Waals surface area contributed by atoms with E-state index in [-0.39, 0.29) is 11.5 Å². The monoisotopic (exact) mass is 378 g/mol. The predicted molar refractivity (Wildman–Crippen MR) is 97.7 cm³/mol. The first kappa shape index (κ1) is 22.6. The molecular weight excluding hydrogens is 352 g/mol. The second-order valence-electron chi connectivity index (χ2n) is 5.83. The Morgan fingerprint density at radius 1 is 0.708 bits per heavy atom. The maximum absolute atomic E-state index is 11.5. The summed E-state index contributed by atoms with van der Waals surface area (Å²) in [6, 6.07) is -1.06. The van der Waals surface area contributed by atoms with Crippen molar-refractivity contribution in [3.63, 3.8) is 0 Å². The number of amides is 6. The molecule has 0 spiro atoms. The van der Waals surface area contributed by atoms with Crippen molar-refractivity contribution in [1.82, 2.24) is 21.3 Å². The Bertz CT molecular complexity index is 404. The first-order valence-corrected chi connectivity index (χ1v) is 10.1. The van der Waals surface area contributed by atoms with Gasteiger partial charge in [0, 0.05) is 13.1 Å². The van der Waals surface area contributed by atoms with E-state index in [1.54, 1.807) is 0 Å². The van der Waals surface area contributed by atoms with E-state index in [0.29, 0.717) is 24.9 Å².